The van der Waals surface area contributed by atoms with Crippen LogP contribution in [0.15, 0.2) is 0 Å². The molecule has 1 atom stereocenters. The van der Waals surface area contributed by atoms with Crippen molar-refractivity contribution in [1.82, 2.24) is 5.32 Å². The largest absolute Gasteiger partial charge is 0.392 e. The Hall–Kier alpha value is -0.610. The molecule has 1 aliphatic carbocycles. The van der Waals surface area contributed by atoms with E-state index < -0.39 is 6.10 Å². The summed E-state index contributed by atoms with van der Waals surface area (Å²) in [7, 11) is 0. The van der Waals surface area contributed by atoms with Gasteiger partial charge in [-0.05, 0) is 19.8 Å². The summed E-state index contributed by atoms with van der Waals surface area (Å²) in [4.78, 5) is 11.6. The molecule has 13 heavy (non-hydrogen) atoms. The summed E-state index contributed by atoms with van der Waals surface area (Å²) in [5.74, 6) is 0.00199. The predicted octanol–water partition coefficient (Wildman–Crippen LogP) is -0.388. The van der Waals surface area contributed by atoms with Crippen molar-refractivity contribution in [2.75, 3.05) is 13.1 Å². The fraction of sp³-hybridized carbons (Fsp3) is 0.889. The van der Waals surface area contributed by atoms with Gasteiger partial charge in [-0.1, -0.05) is 6.42 Å². The van der Waals surface area contributed by atoms with Crippen LogP contribution in [-0.2, 0) is 4.79 Å². The number of hydrogen-bond acceptors (Lipinski definition) is 3. The van der Waals surface area contributed by atoms with Gasteiger partial charge in [-0.2, -0.15) is 0 Å². The topological polar surface area (TPSA) is 75.3 Å². The molecule has 1 saturated carbocycles. The monoisotopic (exact) mass is 186 g/mol. The molecule has 0 aromatic rings. The van der Waals surface area contributed by atoms with Gasteiger partial charge in [0.05, 0.1) is 11.5 Å². The van der Waals surface area contributed by atoms with Crippen molar-refractivity contribution in [1.29, 1.82) is 0 Å². The zero-order chi connectivity index (χ0) is 9.90. The number of amides is 1. The summed E-state index contributed by atoms with van der Waals surface area (Å²) in [6, 6.07) is 0. The fourth-order valence-corrected chi connectivity index (χ4v) is 1.56. The Kier molecular flexibility index (Phi) is 3.27. The second kappa shape index (κ2) is 4.07. The zero-order valence-corrected chi connectivity index (χ0v) is 8.05. The van der Waals surface area contributed by atoms with Crippen LogP contribution in [0.2, 0.25) is 0 Å². The van der Waals surface area contributed by atoms with Gasteiger partial charge in [-0.25, -0.2) is 0 Å². The van der Waals surface area contributed by atoms with Gasteiger partial charge in [0.1, 0.15) is 0 Å². The molecule has 0 saturated heterocycles. The van der Waals surface area contributed by atoms with Crippen molar-refractivity contribution in [3.05, 3.63) is 0 Å². The molecular formula is C9H18N2O2. The Morgan fingerprint density at radius 1 is 1.69 bits per heavy atom. The maximum Gasteiger partial charge on any atom is 0.227 e. The summed E-state index contributed by atoms with van der Waals surface area (Å²) < 4.78 is 0. The fourth-order valence-electron chi connectivity index (χ4n) is 1.56. The predicted molar refractivity (Wildman–Crippen MR) is 50.0 cm³/mol. The standard InChI is InChI=1S/C9H18N2O2/c1-7(12)5-11-8(13)9(6-10)3-2-4-9/h7,12H,2-6,10H2,1H3,(H,11,13)/t7-/m0/s1. The first-order valence-corrected chi connectivity index (χ1v) is 4.77. The third-order valence-corrected chi connectivity index (χ3v) is 2.74. The lowest BCUT2D eigenvalue weighted by Gasteiger charge is -2.39. The summed E-state index contributed by atoms with van der Waals surface area (Å²) in [6.45, 7) is 2.38. The summed E-state index contributed by atoms with van der Waals surface area (Å²) in [6.07, 6.45) is 2.36. The average molecular weight is 186 g/mol. The number of nitrogens with two attached hydrogens (primary N) is 1. The lowest BCUT2D eigenvalue weighted by atomic mass is 9.68. The number of hydrogen-bond donors (Lipinski definition) is 3. The lowest BCUT2D eigenvalue weighted by Crippen LogP contribution is -2.51. The number of aliphatic hydroxyl groups is 1. The highest BCUT2D eigenvalue weighted by atomic mass is 16.3. The minimum Gasteiger partial charge on any atom is -0.392 e. The molecule has 0 radical (unpaired) electrons. The van der Waals surface area contributed by atoms with Crippen LogP contribution in [0.3, 0.4) is 0 Å². The maximum atomic E-state index is 11.6. The molecule has 4 heteroatoms. The first-order chi connectivity index (χ1) is 6.10. The Balaban J connectivity index is 2.37. The molecule has 0 heterocycles. The van der Waals surface area contributed by atoms with Gasteiger partial charge < -0.3 is 16.2 Å². The van der Waals surface area contributed by atoms with Gasteiger partial charge in [-0.15, -0.1) is 0 Å². The molecule has 1 amide bonds. The molecule has 1 aliphatic rings. The Morgan fingerprint density at radius 2 is 2.31 bits per heavy atom. The third-order valence-electron chi connectivity index (χ3n) is 2.74. The number of rotatable bonds is 4. The Bertz CT molecular complexity index is 183. The molecule has 76 valence electrons. The van der Waals surface area contributed by atoms with Crippen molar-refractivity contribution in [2.24, 2.45) is 11.1 Å². The van der Waals surface area contributed by atoms with Crippen molar-refractivity contribution >= 4 is 5.91 Å². The van der Waals surface area contributed by atoms with Crippen LogP contribution in [0.1, 0.15) is 26.2 Å². The Morgan fingerprint density at radius 3 is 2.62 bits per heavy atom. The van der Waals surface area contributed by atoms with E-state index in [9.17, 15) is 4.79 Å². The van der Waals surface area contributed by atoms with Gasteiger partial charge >= 0.3 is 0 Å². The van der Waals surface area contributed by atoms with E-state index in [1.165, 1.54) is 0 Å². The molecule has 0 aromatic carbocycles. The first kappa shape index (κ1) is 10.5. The lowest BCUT2D eigenvalue weighted by molar-refractivity contribution is -0.135. The van der Waals surface area contributed by atoms with E-state index in [1.54, 1.807) is 6.92 Å². The van der Waals surface area contributed by atoms with Crippen LogP contribution in [0.4, 0.5) is 0 Å². The van der Waals surface area contributed by atoms with Gasteiger partial charge in [-0.3, -0.25) is 4.79 Å². The van der Waals surface area contributed by atoms with E-state index in [4.69, 9.17) is 10.8 Å². The third kappa shape index (κ3) is 2.19. The molecule has 0 unspecified atom stereocenters. The van der Waals surface area contributed by atoms with Crippen LogP contribution < -0.4 is 11.1 Å². The smallest absolute Gasteiger partial charge is 0.227 e. The van der Waals surface area contributed by atoms with Crippen LogP contribution in [0, 0.1) is 5.41 Å². The van der Waals surface area contributed by atoms with Crippen LogP contribution in [0.25, 0.3) is 0 Å². The molecule has 0 spiro atoms. The minimum absolute atomic E-state index is 0.00199. The quantitative estimate of drug-likeness (QED) is 0.560. The second-order valence-corrected chi connectivity index (χ2v) is 3.90. The Labute approximate surface area is 78.5 Å². The highest BCUT2D eigenvalue weighted by Crippen LogP contribution is 2.39. The molecule has 1 rings (SSSR count). The van der Waals surface area contributed by atoms with Crippen LogP contribution in [-0.4, -0.2) is 30.2 Å². The van der Waals surface area contributed by atoms with Crippen molar-refractivity contribution in [3.8, 4) is 0 Å². The van der Waals surface area contributed by atoms with E-state index in [0.29, 0.717) is 13.1 Å². The van der Waals surface area contributed by atoms with E-state index in [0.717, 1.165) is 19.3 Å². The summed E-state index contributed by atoms with van der Waals surface area (Å²) >= 11 is 0. The number of carbonyl (C=O) groups excluding carboxylic acids is 1. The van der Waals surface area contributed by atoms with Crippen molar-refractivity contribution < 1.29 is 9.90 Å². The normalized spacial score (nSPS) is 21.8. The second-order valence-electron chi connectivity index (χ2n) is 3.90. The highest BCUT2D eigenvalue weighted by Gasteiger charge is 2.42. The number of carbonyl (C=O) groups is 1. The molecule has 4 nitrogen and oxygen atoms in total. The zero-order valence-electron chi connectivity index (χ0n) is 8.05. The summed E-state index contributed by atoms with van der Waals surface area (Å²) in [5.41, 5.74) is 5.23. The van der Waals surface area contributed by atoms with Crippen LogP contribution >= 0.6 is 0 Å². The van der Waals surface area contributed by atoms with E-state index in [-0.39, 0.29) is 11.3 Å². The molecule has 0 aliphatic heterocycles. The van der Waals surface area contributed by atoms with Crippen molar-refractivity contribution in [3.63, 3.8) is 0 Å². The molecule has 0 bridgehead atoms. The SMILES string of the molecule is C[C@H](O)CNC(=O)C1(CN)CCC1. The van der Waals surface area contributed by atoms with Crippen LogP contribution in [0.5, 0.6) is 0 Å². The molecule has 1 fully saturated rings. The number of nitrogens with one attached hydrogen (secondary N) is 1. The summed E-state index contributed by atoms with van der Waals surface area (Å²) in [5, 5.41) is 11.7. The van der Waals surface area contributed by atoms with Gasteiger partial charge in [0.2, 0.25) is 5.91 Å². The highest BCUT2D eigenvalue weighted by molar-refractivity contribution is 5.83. The van der Waals surface area contributed by atoms with Gasteiger partial charge in [0.15, 0.2) is 0 Å². The average Bonchev–Trinajstić information content (AvgIpc) is 2.00. The number of aliphatic hydroxyl groups excluding tert-OH is 1. The molecular weight excluding hydrogens is 168 g/mol. The first-order valence-electron chi connectivity index (χ1n) is 4.77. The van der Waals surface area contributed by atoms with E-state index >= 15 is 0 Å². The van der Waals surface area contributed by atoms with E-state index in [2.05, 4.69) is 5.32 Å². The van der Waals surface area contributed by atoms with Gasteiger partial charge in [0.25, 0.3) is 0 Å². The van der Waals surface area contributed by atoms with Crippen molar-refractivity contribution in [2.45, 2.75) is 32.3 Å². The maximum absolute atomic E-state index is 11.6. The minimum atomic E-state index is -0.487. The molecule has 4 N–H and O–H groups in total. The van der Waals surface area contributed by atoms with Gasteiger partial charge in [0, 0.05) is 13.1 Å². The molecule has 0 aromatic heterocycles. The van der Waals surface area contributed by atoms with E-state index in [1.807, 2.05) is 0 Å².